The summed E-state index contributed by atoms with van der Waals surface area (Å²) in [6.07, 6.45) is 0. The Morgan fingerprint density at radius 3 is 2.57 bits per heavy atom. The maximum absolute atomic E-state index is 12.3. The zero-order valence-electron chi connectivity index (χ0n) is 12.5. The van der Waals surface area contributed by atoms with Gasteiger partial charge in [-0.25, -0.2) is 0 Å². The summed E-state index contributed by atoms with van der Waals surface area (Å²) < 4.78 is 18.5. The quantitative estimate of drug-likeness (QED) is 0.652. The van der Waals surface area contributed by atoms with Gasteiger partial charge in [-0.3, -0.25) is 4.21 Å². The largest absolute Gasteiger partial charge is 0.338 e. The van der Waals surface area contributed by atoms with Crippen molar-refractivity contribution >= 4 is 26.7 Å². The molecule has 1 heterocycles. The maximum atomic E-state index is 12.3. The van der Waals surface area contributed by atoms with Crippen LogP contribution in [0.25, 0.3) is 11.4 Å². The average molecular weight is 391 g/mol. The third-order valence-electron chi connectivity index (χ3n) is 3.38. The van der Waals surface area contributed by atoms with Gasteiger partial charge in [-0.1, -0.05) is 57.5 Å². The van der Waals surface area contributed by atoms with E-state index in [0.717, 1.165) is 21.2 Å². The van der Waals surface area contributed by atoms with Gasteiger partial charge in [0.15, 0.2) is 0 Å². The van der Waals surface area contributed by atoms with E-state index in [4.69, 9.17) is 4.52 Å². The van der Waals surface area contributed by atoms with Gasteiger partial charge in [0.2, 0.25) is 11.7 Å². The molecular formula is C17H15BrN2O2S. The highest BCUT2D eigenvalue weighted by Crippen LogP contribution is 2.20. The summed E-state index contributed by atoms with van der Waals surface area (Å²) in [5.74, 6) is 1.67. The van der Waals surface area contributed by atoms with Crippen molar-refractivity contribution in [2.24, 2.45) is 0 Å². The molecule has 6 heteroatoms. The molecule has 4 nitrogen and oxygen atoms in total. The molecule has 0 bridgehead atoms. The fourth-order valence-corrected chi connectivity index (χ4v) is 3.53. The molecule has 3 rings (SSSR count). The number of nitrogens with zero attached hydrogens (tertiary/aromatic N) is 2. The van der Waals surface area contributed by atoms with Crippen LogP contribution in [0.2, 0.25) is 0 Å². The highest BCUT2D eigenvalue weighted by molar-refractivity contribution is 9.10. The van der Waals surface area contributed by atoms with Crippen molar-refractivity contribution in [3.8, 4) is 11.4 Å². The Balaban J connectivity index is 1.68. The van der Waals surface area contributed by atoms with Crippen LogP contribution in [0, 0.1) is 6.92 Å². The first-order chi connectivity index (χ1) is 11.1. The van der Waals surface area contributed by atoms with Gasteiger partial charge in [0.25, 0.3) is 0 Å². The van der Waals surface area contributed by atoms with Crippen molar-refractivity contribution in [3.63, 3.8) is 0 Å². The van der Waals surface area contributed by atoms with Crippen molar-refractivity contribution in [1.29, 1.82) is 0 Å². The Bertz CT molecular complexity index is 831. The maximum Gasteiger partial charge on any atom is 0.239 e. The smallest absolute Gasteiger partial charge is 0.239 e. The van der Waals surface area contributed by atoms with Crippen molar-refractivity contribution in [3.05, 3.63) is 70.0 Å². The lowest BCUT2D eigenvalue weighted by Gasteiger charge is -2.00. The van der Waals surface area contributed by atoms with Crippen LogP contribution >= 0.6 is 15.9 Å². The summed E-state index contributed by atoms with van der Waals surface area (Å²) in [4.78, 5) is 4.36. The first-order valence-corrected chi connectivity index (χ1v) is 9.38. The van der Waals surface area contributed by atoms with E-state index < -0.39 is 10.8 Å². The second-order valence-corrected chi connectivity index (χ2v) is 7.55. The zero-order valence-corrected chi connectivity index (χ0v) is 14.9. The van der Waals surface area contributed by atoms with Crippen LogP contribution in [-0.4, -0.2) is 14.3 Å². The van der Waals surface area contributed by atoms with Crippen LogP contribution in [0.1, 0.15) is 17.0 Å². The van der Waals surface area contributed by atoms with Crippen molar-refractivity contribution in [1.82, 2.24) is 10.1 Å². The van der Waals surface area contributed by atoms with Crippen LogP contribution in [-0.2, 0) is 22.3 Å². The number of benzene rings is 2. The Morgan fingerprint density at radius 1 is 1.09 bits per heavy atom. The molecule has 0 saturated heterocycles. The molecule has 0 aliphatic rings. The Labute approximate surface area is 145 Å². The first kappa shape index (κ1) is 16.1. The molecule has 23 heavy (non-hydrogen) atoms. The predicted molar refractivity (Wildman–Crippen MR) is 94.2 cm³/mol. The van der Waals surface area contributed by atoms with E-state index >= 15 is 0 Å². The summed E-state index contributed by atoms with van der Waals surface area (Å²) in [6.45, 7) is 2.00. The van der Waals surface area contributed by atoms with E-state index in [0.29, 0.717) is 17.5 Å². The number of aromatic nitrogens is 2. The van der Waals surface area contributed by atoms with Gasteiger partial charge in [0, 0.05) is 26.6 Å². The average Bonchev–Trinajstić information content (AvgIpc) is 2.98. The van der Waals surface area contributed by atoms with Crippen LogP contribution in [0.15, 0.2) is 57.5 Å². The second kappa shape index (κ2) is 7.19. The van der Waals surface area contributed by atoms with Crippen molar-refractivity contribution < 1.29 is 8.73 Å². The van der Waals surface area contributed by atoms with Crippen LogP contribution in [0.3, 0.4) is 0 Å². The molecule has 0 radical (unpaired) electrons. The zero-order chi connectivity index (χ0) is 16.2. The number of aryl methyl sites for hydroxylation is 1. The molecule has 1 atom stereocenters. The molecule has 3 aromatic rings. The van der Waals surface area contributed by atoms with Gasteiger partial charge < -0.3 is 4.52 Å². The standard InChI is InChI=1S/C17H15BrN2O2S/c1-12-4-2-3-5-15(12)17-19-16(22-20-17)11-23(21)10-13-6-8-14(18)9-7-13/h2-9H,10-11H2,1H3. The van der Waals surface area contributed by atoms with E-state index in [1.807, 2.05) is 55.5 Å². The summed E-state index contributed by atoms with van der Waals surface area (Å²) in [6, 6.07) is 15.6. The molecule has 2 aromatic carbocycles. The molecule has 1 aromatic heterocycles. The lowest BCUT2D eigenvalue weighted by Crippen LogP contribution is -1.99. The molecule has 0 fully saturated rings. The van der Waals surface area contributed by atoms with Crippen LogP contribution in [0.5, 0.6) is 0 Å². The minimum atomic E-state index is -1.09. The Kier molecular flexibility index (Phi) is 5.03. The van der Waals surface area contributed by atoms with Gasteiger partial charge in [-0.05, 0) is 30.2 Å². The fraction of sp³-hybridized carbons (Fsp3) is 0.176. The Hall–Kier alpha value is -1.79. The highest BCUT2D eigenvalue weighted by Gasteiger charge is 2.13. The number of hydrogen-bond donors (Lipinski definition) is 0. The first-order valence-electron chi connectivity index (χ1n) is 7.10. The van der Waals surface area contributed by atoms with Gasteiger partial charge in [0.05, 0.1) is 0 Å². The minimum absolute atomic E-state index is 0.259. The van der Waals surface area contributed by atoms with Crippen molar-refractivity contribution in [2.75, 3.05) is 0 Å². The fourth-order valence-electron chi connectivity index (χ4n) is 2.20. The third kappa shape index (κ3) is 4.14. The minimum Gasteiger partial charge on any atom is -0.338 e. The molecule has 118 valence electrons. The number of hydrogen-bond acceptors (Lipinski definition) is 4. The predicted octanol–water partition coefficient (Wildman–Crippen LogP) is 4.26. The van der Waals surface area contributed by atoms with Gasteiger partial charge in [-0.2, -0.15) is 4.98 Å². The van der Waals surface area contributed by atoms with E-state index in [2.05, 4.69) is 26.1 Å². The molecule has 0 saturated carbocycles. The second-order valence-electron chi connectivity index (χ2n) is 5.18. The summed E-state index contributed by atoms with van der Waals surface area (Å²) in [5, 5.41) is 3.99. The molecule has 0 amide bonds. The molecule has 0 aliphatic carbocycles. The number of rotatable bonds is 5. The van der Waals surface area contributed by atoms with Gasteiger partial charge in [0.1, 0.15) is 5.75 Å². The normalized spacial score (nSPS) is 12.3. The number of halogens is 1. The van der Waals surface area contributed by atoms with E-state index in [9.17, 15) is 4.21 Å². The lowest BCUT2D eigenvalue weighted by molar-refractivity contribution is 0.390. The van der Waals surface area contributed by atoms with Crippen LogP contribution in [0.4, 0.5) is 0 Å². The SMILES string of the molecule is Cc1ccccc1-c1noc(CS(=O)Cc2ccc(Br)cc2)n1. The molecule has 0 spiro atoms. The van der Waals surface area contributed by atoms with Gasteiger partial charge >= 0.3 is 0 Å². The van der Waals surface area contributed by atoms with E-state index in [1.54, 1.807) is 0 Å². The van der Waals surface area contributed by atoms with Crippen molar-refractivity contribution in [2.45, 2.75) is 18.4 Å². The lowest BCUT2D eigenvalue weighted by atomic mass is 10.1. The van der Waals surface area contributed by atoms with E-state index in [1.165, 1.54) is 0 Å². The molecular weight excluding hydrogens is 376 g/mol. The summed E-state index contributed by atoms with van der Waals surface area (Å²) in [5.41, 5.74) is 3.03. The molecule has 1 unspecified atom stereocenters. The molecule has 0 N–H and O–H groups in total. The van der Waals surface area contributed by atoms with E-state index in [-0.39, 0.29) is 5.75 Å². The molecule has 0 aliphatic heterocycles. The van der Waals surface area contributed by atoms with Crippen LogP contribution < -0.4 is 0 Å². The monoisotopic (exact) mass is 390 g/mol. The summed E-state index contributed by atoms with van der Waals surface area (Å²) >= 11 is 3.39. The Morgan fingerprint density at radius 2 is 1.83 bits per heavy atom. The highest BCUT2D eigenvalue weighted by atomic mass is 79.9. The van der Waals surface area contributed by atoms with Gasteiger partial charge in [-0.15, -0.1) is 0 Å². The third-order valence-corrected chi connectivity index (χ3v) is 5.13. The summed E-state index contributed by atoms with van der Waals surface area (Å²) in [7, 11) is -1.09. The topological polar surface area (TPSA) is 56.0 Å².